The number of rotatable bonds is 5. The smallest absolute Gasteiger partial charge is 0.263 e. The van der Waals surface area contributed by atoms with E-state index in [1.165, 1.54) is 6.42 Å². The second-order valence-corrected chi connectivity index (χ2v) is 9.74. The van der Waals surface area contributed by atoms with Gasteiger partial charge in [0.1, 0.15) is 5.56 Å². The van der Waals surface area contributed by atoms with Crippen molar-refractivity contribution in [3.8, 4) is 0 Å². The Kier molecular flexibility index (Phi) is 5.19. The highest BCUT2D eigenvalue weighted by atomic mass is 16.2. The Balaban J connectivity index is 1.49. The minimum atomic E-state index is -0.188. The lowest BCUT2D eigenvalue weighted by Gasteiger charge is -2.31. The van der Waals surface area contributed by atoms with Gasteiger partial charge in [0, 0.05) is 45.8 Å². The number of fused-ring (bicyclic) bond motifs is 2. The van der Waals surface area contributed by atoms with Gasteiger partial charge in [-0.3, -0.25) is 14.4 Å². The maximum absolute atomic E-state index is 13.6. The van der Waals surface area contributed by atoms with Gasteiger partial charge in [-0.25, -0.2) is 0 Å². The van der Waals surface area contributed by atoms with E-state index in [1.807, 2.05) is 41.4 Å². The van der Waals surface area contributed by atoms with Crippen molar-refractivity contribution >= 4 is 11.8 Å². The number of carbonyl (C=O) groups is 2. The van der Waals surface area contributed by atoms with E-state index in [0.29, 0.717) is 44.0 Å². The second-order valence-electron chi connectivity index (χ2n) is 9.74. The largest absolute Gasteiger partial charge is 0.338 e. The highest BCUT2D eigenvalue weighted by Gasteiger charge is 2.59. The molecule has 1 aromatic heterocycles. The summed E-state index contributed by atoms with van der Waals surface area (Å²) in [6, 6.07) is 10.1. The van der Waals surface area contributed by atoms with Gasteiger partial charge >= 0.3 is 0 Å². The zero-order valence-electron chi connectivity index (χ0n) is 19.0. The number of benzene rings is 1. The Labute approximate surface area is 188 Å². The van der Waals surface area contributed by atoms with E-state index in [1.54, 1.807) is 16.4 Å². The first-order valence-electron chi connectivity index (χ1n) is 11.8. The van der Waals surface area contributed by atoms with Crippen molar-refractivity contribution in [1.82, 2.24) is 14.4 Å². The van der Waals surface area contributed by atoms with Gasteiger partial charge in [-0.15, -0.1) is 0 Å². The maximum Gasteiger partial charge on any atom is 0.263 e. The van der Waals surface area contributed by atoms with Crippen LogP contribution in [0.25, 0.3) is 0 Å². The molecule has 0 spiro atoms. The van der Waals surface area contributed by atoms with Crippen LogP contribution in [0, 0.1) is 11.3 Å². The number of amides is 2. The first-order valence-corrected chi connectivity index (χ1v) is 11.8. The lowest BCUT2D eigenvalue weighted by molar-refractivity contribution is -0.129. The SMILES string of the molecule is CC[C@]12C[C@H]1CN(C(=O)c1c3c(cn(CCc4ccccc4)c1=O)CN(C(C)=O)CC3)C2. The average Bonchev–Trinajstić information content (AvgIpc) is 3.37. The van der Waals surface area contributed by atoms with Crippen molar-refractivity contribution < 1.29 is 9.59 Å². The Hall–Kier alpha value is -2.89. The van der Waals surface area contributed by atoms with Crippen LogP contribution in [0.1, 0.15) is 53.7 Å². The van der Waals surface area contributed by atoms with Crippen LogP contribution in [0.3, 0.4) is 0 Å². The van der Waals surface area contributed by atoms with Gasteiger partial charge in [0.05, 0.1) is 0 Å². The summed E-state index contributed by atoms with van der Waals surface area (Å²) in [6.45, 7) is 6.82. The normalized spacial score (nSPS) is 23.6. The lowest BCUT2D eigenvalue weighted by atomic mass is 9.95. The van der Waals surface area contributed by atoms with Crippen LogP contribution < -0.4 is 5.56 Å². The molecule has 2 amide bonds. The quantitative estimate of drug-likeness (QED) is 0.729. The fourth-order valence-corrected chi connectivity index (χ4v) is 5.71. The molecule has 2 aromatic rings. The molecular formula is C26H31N3O3. The Morgan fingerprint density at radius 3 is 2.62 bits per heavy atom. The van der Waals surface area contributed by atoms with Crippen LogP contribution in [0.4, 0.5) is 0 Å². The van der Waals surface area contributed by atoms with Crippen LogP contribution in [-0.4, -0.2) is 45.8 Å². The number of likely N-dealkylation sites (tertiary alicyclic amines) is 1. The van der Waals surface area contributed by atoms with Crippen LogP contribution in [0.2, 0.25) is 0 Å². The van der Waals surface area contributed by atoms with Crippen molar-refractivity contribution in [3.63, 3.8) is 0 Å². The maximum atomic E-state index is 13.6. The fourth-order valence-electron chi connectivity index (χ4n) is 5.71. The molecule has 1 saturated carbocycles. The molecule has 1 aliphatic carbocycles. The lowest BCUT2D eigenvalue weighted by Crippen LogP contribution is -2.42. The number of aryl methyl sites for hydroxylation is 2. The van der Waals surface area contributed by atoms with Crippen molar-refractivity contribution in [2.45, 2.75) is 52.6 Å². The van der Waals surface area contributed by atoms with E-state index in [4.69, 9.17) is 0 Å². The van der Waals surface area contributed by atoms with Gasteiger partial charge < -0.3 is 14.4 Å². The van der Waals surface area contributed by atoms with Crippen LogP contribution in [-0.2, 0) is 30.7 Å². The number of pyridine rings is 1. The van der Waals surface area contributed by atoms with Gasteiger partial charge in [-0.05, 0) is 53.7 Å². The van der Waals surface area contributed by atoms with Crippen LogP contribution >= 0.6 is 0 Å². The Morgan fingerprint density at radius 2 is 1.94 bits per heavy atom. The zero-order valence-corrected chi connectivity index (χ0v) is 19.0. The summed E-state index contributed by atoms with van der Waals surface area (Å²) >= 11 is 0. The Bertz CT molecular complexity index is 1120. The van der Waals surface area contributed by atoms with Crippen molar-refractivity contribution in [1.29, 1.82) is 0 Å². The predicted molar refractivity (Wildman–Crippen MR) is 122 cm³/mol. The Morgan fingerprint density at radius 1 is 1.16 bits per heavy atom. The number of hydrogen-bond acceptors (Lipinski definition) is 3. The zero-order chi connectivity index (χ0) is 22.5. The van der Waals surface area contributed by atoms with E-state index in [0.717, 1.165) is 36.2 Å². The molecule has 5 rings (SSSR count). The first-order chi connectivity index (χ1) is 15.4. The number of carbonyl (C=O) groups excluding carboxylic acids is 2. The van der Waals surface area contributed by atoms with Gasteiger partial charge in [0.25, 0.3) is 11.5 Å². The summed E-state index contributed by atoms with van der Waals surface area (Å²) in [5.74, 6) is 0.496. The minimum Gasteiger partial charge on any atom is -0.338 e. The van der Waals surface area contributed by atoms with Gasteiger partial charge in [0.2, 0.25) is 5.91 Å². The molecule has 0 unspecified atom stereocenters. The van der Waals surface area contributed by atoms with Crippen molar-refractivity contribution in [3.05, 3.63) is 69.1 Å². The van der Waals surface area contributed by atoms with E-state index in [-0.39, 0.29) is 22.8 Å². The average molecular weight is 434 g/mol. The molecule has 0 bridgehead atoms. The van der Waals surface area contributed by atoms with Gasteiger partial charge in [0.15, 0.2) is 0 Å². The van der Waals surface area contributed by atoms with E-state index in [2.05, 4.69) is 6.92 Å². The molecule has 0 radical (unpaired) electrons. The number of nitrogens with zero attached hydrogens (tertiary/aromatic N) is 3. The summed E-state index contributed by atoms with van der Waals surface area (Å²) < 4.78 is 1.69. The molecule has 2 atom stereocenters. The van der Waals surface area contributed by atoms with E-state index >= 15 is 0 Å². The van der Waals surface area contributed by atoms with E-state index < -0.39 is 0 Å². The van der Waals surface area contributed by atoms with E-state index in [9.17, 15) is 14.4 Å². The summed E-state index contributed by atoms with van der Waals surface area (Å²) in [5.41, 5.74) is 3.36. The third-order valence-corrected chi connectivity index (χ3v) is 7.91. The molecule has 2 fully saturated rings. The summed E-state index contributed by atoms with van der Waals surface area (Å²) in [6.07, 6.45) is 5.44. The topological polar surface area (TPSA) is 62.6 Å². The molecule has 168 valence electrons. The monoisotopic (exact) mass is 433 g/mol. The van der Waals surface area contributed by atoms with Gasteiger partial charge in [-0.1, -0.05) is 37.3 Å². The molecule has 6 heteroatoms. The molecule has 1 saturated heterocycles. The summed E-state index contributed by atoms with van der Waals surface area (Å²) in [4.78, 5) is 42.9. The van der Waals surface area contributed by atoms with Crippen molar-refractivity contribution in [2.75, 3.05) is 19.6 Å². The third kappa shape index (κ3) is 3.55. The van der Waals surface area contributed by atoms with Crippen LogP contribution in [0.15, 0.2) is 41.3 Å². The molecule has 2 aliphatic heterocycles. The fraction of sp³-hybridized carbons (Fsp3) is 0.500. The molecular weight excluding hydrogens is 402 g/mol. The first kappa shape index (κ1) is 21.0. The minimum absolute atomic E-state index is 0.0232. The second kappa shape index (κ2) is 7.91. The van der Waals surface area contributed by atoms with Crippen molar-refractivity contribution in [2.24, 2.45) is 11.3 Å². The summed E-state index contributed by atoms with van der Waals surface area (Å²) in [7, 11) is 0. The number of hydrogen-bond donors (Lipinski definition) is 0. The molecule has 32 heavy (non-hydrogen) atoms. The number of piperidine rings is 1. The van der Waals surface area contributed by atoms with Crippen LogP contribution in [0.5, 0.6) is 0 Å². The molecule has 0 N–H and O–H groups in total. The highest BCUT2D eigenvalue weighted by molar-refractivity contribution is 5.96. The predicted octanol–water partition coefficient (Wildman–Crippen LogP) is 2.87. The van der Waals surface area contributed by atoms with Gasteiger partial charge in [-0.2, -0.15) is 0 Å². The molecule has 3 heterocycles. The molecule has 6 nitrogen and oxygen atoms in total. The molecule has 3 aliphatic rings. The summed E-state index contributed by atoms with van der Waals surface area (Å²) in [5, 5.41) is 0. The highest BCUT2D eigenvalue weighted by Crippen LogP contribution is 2.60. The number of aromatic nitrogens is 1. The standard InChI is InChI=1S/C26H31N3O3/c1-3-26-13-21(26)16-29(17-26)25(32)23-22-10-12-27(18(2)30)14-20(22)15-28(24(23)31)11-9-19-7-5-4-6-8-19/h4-8,15,21H,3,9-14,16-17H2,1-2H3/t21-,26+/m0/s1. The molecule has 1 aromatic carbocycles. The third-order valence-electron chi connectivity index (χ3n) is 7.91.